The molecule has 1 unspecified atom stereocenters. The van der Waals surface area contributed by atoms with Crippen molar-refractivity contribution in [1.82, 2.24) is 0 Å². The Bertz CT molecular complexity index is 256. The highest BCUT2D eigenvalue weighted by Crippen LogP contribution is 2.14. The zero-order valence-corrected chi connectivity index (χ0v) is 8.79. The normalized spacial score (nSPS) is 12.5. The van der Waals surface area contributed by atoms with Crippen LogP contribution in [0.25, 0.3) is 0 Å². The van der Waals surface area contributed by atoms with Crippen molar-refractivity contribution in [3.05, 3.63) is 29.8 Å². The number of ether oxygens (including phenoxy) is 1. The summed E-state index contributed by atoms with van der Waals surface area (Å²) in [6, 6.07) is 7.80. The quantitative estimate of drug-likeness (QED) is 0.701. The zero-order valence-electron chi connectivity index (χ0n) is 8.79. The lowest BCUT2D eigenvalue weighted by Crippen LogP contribution is -1.99. The van der Waals surface area contributed by atoms with Gasteiger partial charge in [0.15, 0.2) is 0 Å². The van der Waals surface area contributed by atoms with Gasteiger partial charge in [0.1, 0.15) is 11.9 Å². The number of aryl methyl sites for hydroxylation is 1. The highest BCUT2D eigenvalue weighted by molar-refractivity contribution is 5.27. The van der Waals surface area contributed by atoms with Gasteiger partial charge in [0.2, 0.25) is 0 Å². The highest BCUT2D eigenvalue weighted by Gasteiger charge is 2.03. The maximum Gasteiger partial charge on any atom is 0.118 e. The predicted molar refractivity (Wildman–Crippen MR) is 56.5 cm³/mol. The Kier molecular flexibility index (Phi) is 4.44. The minimum absolute atomic E-state index is 0.607. The van der Waals surface area contributed by atoms with Crippen LogP contribution in [0.3, 0.4) is 0 Å². The Morgan fingerprint density at radius 1 is 1.29 bits per heavy atom. The third kappa shape index (κ3) is 3.36. The molecule has 0 saturated heterocycles. The van der Waals surface area contributed by atoms with Crippen molar-refractivity contribution < 1.29 is 9.13 Å². The van der Waals surface area contributed by atoms with Crippen LogP contribution in [0.5, 0.6) is 5.75 Å². The standard InChI is InChI=1S/C12H17FO/c1-3-11(13)7-4-10-5-8-12(14-2)9-6-10/h5-6,8-9,11H,3-4,7H2,1-2H3. The summed E-state index contributed by atoms with van der Waals surface area (Å²) < 4.78 is 18.0. The molecule has 0 fully saturated rings. The molecule has 0 amide bonds. The van der Waals surface area contributed by atoms with E-state index in [9.17, 15) is 4.39 Å². The molecule has 0 bridgehead atoms. The van der Waals surface area contributed by atoms with E-state index in [1.165, 1.54) is 5.56 Å². The Balaban J connectivity index is 2.43. The van der Waals surface area contributed by atoms with Gasteiger partial charge in [-0.1, -0.05) is 19.1 Å². The maximum atomic E-state index is 12.9. The number of methoxy groups -OCH3 is 1. The highest BCUT2D eigenvalue weighted by atomic mass is 19.1. The summed E-state index contributed by atoms with van der Waals surface area (Å²) in [5.41, 5.74) is 1.17. The summed E-state index contributed by atoms with van der Waals surface area (Å²) in [6.45, 7) is 1.87. The Morgan fingerprint density at radius 3 is 2.43 bits per heavy atom. The van der Waals surface area contributed by atoms with Gasteiger partial charge in [-0.3, -0.25) is 0 Å². The van der Waals surface area contributed by atoms with Crippen LogP contribution in [0.4, 0.5) is 4.39 Å². The van der Waals surface area contributed by atoms with Gasteiger partial charge in [0.05, 0.1) is 7.11 Å². The van der Waals surface area contributed by atoms with Gasteiger partial charge in [-0.25, -0.2) is 4.39 Å². The van der Waals surface area contributed by atoms with E-state index in [4.69, 9.17) is 4.74 Å². The molecule has 14 heavy (non-hydrogen) atoms. The third-order valence-electron chi connectivity index (χ3n) is 2.35. The molecule has 1 nitrogen and oxygen atoms in total. The van der Waals surface area contributed by atoms with Gasteiger partial charge in [-0.05, 0) is 37.0 Å². The maximum absolute atomic E-state index is 12.9. The summed E-state index contributed by atoms with van der Waals surface area (Å²) in [4.78, 5) is 0. The van der Waals surface area contributed by atoms with Crippen molar-refractivity contribution in [2.24, 2.45) is 0 Å². The lowest BCUT2D eigenvalue weighted by Gasteiger charge is -2.05. The minimum Gasteiger partial charge on any atom is -0.497 e. The monoisotopic (exact) mass is 196 g/mol. The first kappa shape index (κ1) is 11.0. The molecule has 0 aliphatic heterocycles. The Labute approximate surface area is 84.9 Å². The number of hydrogen-bond acceptors (Lipinski definition) is 1. The smallest absolute Gasteiger partial charge is 0.118 e. The summed E-state index contributed by atoms with van der Waals surface area (Å²) in [5.74, 6) is 0.848. The first-order valence-electron chi connectivity index (χ1n) is 5.03. The van der Waals surface area contributed by atoms with Crippen molar-refractivity contribution in [1.29, 1.82) is 0 Å². The van der Waals surface area contributed by atoms with E-state index in [1.54, 1.807) is 7.11 Å². The molecule has 0 aliphatic rings. The van der Waals surface area contributed by atoms with E-state index in [0.29, 0.717) is 12.8 Å². The fourth-order valence-corrected chi connectivity index (χ4v) is 1.32. The number of halogens is 1. The summed E-state index contributed by atoms with van der Waals surface area (Å²) in [5, 5.41) is 0. The molecule has 2 heteroatoms. The van der Waals surface area contributed by atoms with Gasteiger partial charge < -0.3 is 4.74 Å². The van der Waals surface area contributed by atoms with Crippen LogP contribution in [0.15, 0.2) is 24.3 Å². The molecule has 0 saturated carbocycles. The van der Waals surface area contributed by atoms with Crippen LogP contribution in [0.2, 0.25) is 0 Å². The molecule has 0 aliphatic carbocycles. The molecule has 78 valence electrons. The van der Waals surface area contributed by atoms with Crippen LogP contribution < -0.4 is 4.74 Å². The first-order chi connectivity index (χ1) is 6.76. The SMILES string of the molecule is CCC(F)CCc1ccc(OC)cc1. The number of benzene rings is 1. The van der Waals surface area contributed by atoms with Gasteiger partial charge in [0.25, 0.3) is 0 Å². The molecule has 1 rings (SSSR count). The van der Waals surface area contributed by atoms with E-state index in [-0.39, 0.29) is 0 Å². The molecule has 1 atom stereocenters. The topological polar surface area (TPSA) is 9.23 Å². The van der Waals surface area contributed by atoms with Gasteiger partial charge in [-0.2, -0.15) is 0 Å². The molecular formula is C12H17FO. The molecule has 0 aromatic heterocycles. The van der Waals surface area contributed by atoms with Crippen LogP contribution in [-0.4, -0.2) is 13.3 Å². The minimum atomic E-state index is -0.669. The Morgan fingerprint density at radius 2 is 1.93 bits per heavy atom. The second-order valence-corrected chi connectivity index (χ2v) is 3.39. The van der Waals surface area contributed by atoms with Crippen molar-refractivity contribution in [2.75, 3.05) is 7.11 Å². The van der Waals surface area contributed by atoms with Crippen LogP contribution in [-0.2, 0) is 6.42 Å². The second-order valence-electron chi connectivity index (χ2n) is 3.39. The van der Waals surface area contributed by atoms with E-state index in [2.05, 4.69) is 0 Å². The molecule has 0 N–H and O–H groups in total. The molecule has 0 spiro atoms. The van der Waals surface area contributed by atoms with E-state index < -0.39 is 6.17 Å². The average molecular weight is 196 g/mol. The summed E-state index contributed by atoms with van der Waals surface area (Å²) in [6.07, 6.45) is 1.36. The third-order valence-corrected chi connectivity index (χ3v) is 2.35. The number of alkyl halides is 1. The first-order valence-corrected chi connectivity index (χ1v) is 5.03. The van der Waals surface area contributed by atoms with Gasteiger partial charge in [-0.15, -0.1) is 0 Å². The van der Waals surface area contributed by atoms with Crippen LogP contribution >= 0.6 is 0 Å². The largest absolute Gasteiger partial charge is 0.497 e. The predicted octanol–water partition coefficient (Wildman–Crippen LogP) is 3.38. The lowest BCUT2D eigenvalue weighted by atomic mass is 10.1. The lowest BCUT2D eigenvalue weighted by molar-refractivity contribution is 0.306. The number of hydrogen-bond donors (Lipinski definition) is 0. The fourth-order valence-electron chi connectivity index (χ4n) is 1.32. The second kappa shape index (κ2) is 5.63. The molecule has 0 heterocycles. The Hall–Kier alpha value is -1.05. The molecule has 1 aromatic carbocycles. The summed E-state index contributed by atoms with van der Waals surface area (Å²) >= 11 is 0. The van der Waals surface area contributed by atoms with E-state index in [0.717, 1.165) is 12.2 Å². The van der Waals surface area contributed by atoms with Crippen molar-refractivity contribution in [3.8, 4) is 5.75 Å². The molecular weight excluding hydrogens is 179 g/mol. The van der Waals surface area contributed by atoms with Crippen molar-refractivity contribution in [3.63, 3.8) is 0 Å². The zero-order chi connectivity index (χ0) is 10.4. The van der Waals surface area contributed by atoms with Crippen molar-refractivity contribution in [2.45, 2.75) is 32.4 Å². The summed E-state index contributed by atoms with van der Waals surface area (Å²) in [7, 11) is 1.64. The molecule has 0 radical (unpaired) electrons. The van der Waals surface area contributed by atoms with Crippen molar-refractivity contribution >= 4 is 0 Å². The van der Waals surface area contributed by atoms with Crippen LogP contribution in [0.1, 0.15) is 25.3 Å². The van der Waals surface area contributed by atoms with E-state index in [1.807, 2.05) is 31.2 Å². The number of rotatable bonds is 5. The van der Waals surface area contributed by atoms with E-state index >= 15 is 0 Å². The molecule has 1 aromatic rings. The average Bonchev–Trinajstić information content (AvgIpc) is 2.26. The fraction of sp³-hybridized carbons (Fsp3) is 0.500. The van der Waals surface area contributed by atoms with Crippen LogP contribution in [0, 0.1) is 0 Å². The van der Waals surface area contributed by atoms with Gasteiger partial charge in [0, 0.05) is 0 Å². The van der Waals surface area contributed by atoms with Gasteiger partial charge >= 0.3 is 0 Å².